The van der Waals surface area contributed by atoms with Crippen LogP contribution < -0.4 is 0 Å². The van der Waals surface area contributed by atoms with Crippen molar-refractivity contribution in [1.82, 2.24) is 0 Å². The third kappa shape index (κ3) is 72.2. The molecule has 0 spiro atoms. The Labute approximate surface area is 594 Å². The minimum absolute atomic E-state index is 0.107. The quantitative estimate of drug-likeness (QED) is 0.0222. The highest BCUT2D eigenvalue weighted by Crippen LogP contribution is 2.45. The number of aliphatic hydroxyl groups excluding tert-OH is 1. The van der Waals surface area contributed by atoms with Gasteiger partial charge in [-0.3, -0.25) is 37.3 Å². The lowest BCUT2D eigenvalue weighted by Crippen LogP contribution is -2.30. The number of hydrogen-bond donors (Lipinski definition) is 3. The molecule has 0 radical (unpaired) electrons. The van der Waals surface area contributed by atoms with Gasteiger partial charge in [0.25, 0.3) is 0 Å². The summed E-state index contributed by atoms with van der Waals surface area (Å²) < 4.78 is 68.5. The summed E-state index contributed by atoms with van der Waals surface area (Å²) in [5.41, 5.74) is 0. The van der Waals surface area contributed by atoms with Crippen LogP contribution in [0.25, 0.3) is 0 Å². The predicted molar refractivity (Wildman–Crippen MR) is 395 cm³/mol. The topological polar surface area (TPSA) is 237 Å². The molecule has 5 atom stereocenters. The van der Waals surface area contributed by atoms with Gasteiger partial charge in [-0.25, -0.2) is 9.13 Å². The Morgan fingerprint density at radius 3 is 0.608 bits per heavy atom. The molecular weight excluding hydrogens is 1270 g/mol. The fourth-order valence-electron chi connectivity index (χ4n) is 12.1. The van der Waals surface area contributed by atoms with Crippen LogP contribution in [0.4, 0.5) is 0 Å². The number of phosphoric acid groups is 2. The number of esters is 4. The zero-order valence-corrected chi connectivity index (χ0v) is 64.8. The smallest absolute Gasteiger partial charge is 0.462 e. The maximum Gasteiger partial charge on any atom is 0.472 e. The number of hydrogen-bond acceptors (Lipinski definition) is 15. The minimum atomic E-state index is -4.96. The highest BCUT2D eigenvalue weighted by atomic mass is 31.2. The van der Waals surface area contributed by atoms with Crippen molar-refractivity contribution in [2.45, 2.75) is 438 Å². The molecule has 2 unspecified atom stereocenters. The van der Waals surface area contributed by atoms with Gasteiger partial charge in [0.2, 0.25) is 0 Å². The van der Waals surface area contributed by atoms with E-state index in [0.29, 0.717) is 25.7 Å². The van der Waals surface area contributed by atoms with Gasteiger partial charge >= 0.3 is 39.5 Å². The van der Waals surface area contributed by atoms with Crippen LogP contribution in [-0.4, -0.2) is 96.7 Å². The molecule has 0 amide bonds. The second-order valence-corrected chi connectivity index (χ2v) is 31.0. The zero-order chi connectivity index (χ0) is 71.1. The van der Waals surface area contributed by atoms with E-state index in [2.05, 4.69) is 27.7 Å². The molecular formula is C78H152O17P2. The summed E-state index contributed by atoms with van der Waals surface area (Å²) >= 11 is 0. The summed E-state index contributed by atoms with van der Waals surface area (Å²) in [6.45, 7) is 4.96. The van der Waals surface area contributed by atoms with Crippen molar-refractivity contribution >= 4 is 39.5 Å². The van der Waals surface area contributed by atoms with Gasteiger partial charge < -0.3 is 33.8 Å². The highest BCUT2D eigenvalue weighted by molar-refractivity contribution is 7.47. The van der Waals surface area contributed by atoms with Gasteiger partial charge in [0.15, 0.2) is 12.2 Å². The molecule has 0 bridgehead atoms. The molecule has 0 saturated carbocycles. The van der Waals surface area contributed by atoms with E-state index in [1.807, 2.05) is 0 Å². The standard InChI is InChI=1S/C78H152O17P2/c1-5-9-13-17-21-25-28-30-32-34-36-38-40-42-44-46-49-53-57-61-65-78(83)95-74(69-89-76(81)63-59-55-51-48-45-43-41-39-37-35-33-31-29-26-22-18-14-10-6-2)71-93-97(86,87)91-67-72(79)66-90-96(84,85)92-70-73(68-88-75(80)62-58-54-50-24-20-16-12-8-4)94-77(82)64-60-56-52-47-27-23-19-15-11-7-3/h72-74,79H,5-71H2,1-4H3,(H,84,85)(H,86,87)/t72-,73+,74+/m0/s1. The molecule has 17 nitrogen and oxygen atoms in total. The molecule has 0 saturated heterocycles. The maximum absolute atomic E-state index is 13.1. The average Bonchev–Trinajstić information content (AvgIpc) is 1.66. The molecule has 0 aliphatic rings. The first-order valence-corrected chi connectivity index (χ1v) is 43.8. The summed E-state index contributed by atoms with van der Waals surface area (Å²) in [5.74, 6) is -2.11. The van der Waals surface area contributed by atoms with Crippen LogP contribution in [0.1, 0.15) is 419 Å². The molecule has 0 aliphatic heterocycles. The second-order valence-electron chi connectivity index (χ2n) is 28.1. The van der Waals surface area contributed by atoms with Crippen molar-refractivity contribution in [3.05, 3.63) is 0 Å². The van der Waals surface area contributed by atoms with E-state index < -0.39 is 97.5 Å². The second kappa shape index (κ2) is 72.4. The first kappa shape index (κ1) is 95.1. The monoisotopic (exact) mass is 1420 g/mol. The van der Waals surface area contributed by atoms with Crippen LogP contribution in [-0.2, 0) is 65.4 Å². The molecule has 0 heterocycles. The Hall–Kier alpha value is -1.94. The molecule has 97 heavy (non-hydrogen) atoms. The molecule has 0 rings (SSSR count). The molecule has 0 aromatic rings. The lowest BCUT2D eigenvalue weighted by Gasteiger charge is -2.21. The Kier molecular flexibility index (Phi) is 71.0. The van der Waals surface area contributed by atoms with Gasteiger partial charge in [0, 0.05) is 25.7 Å². The Morgan fingerprint density at radius 1 is 0.247 bits per heavy atom. The fraction of sp³-hybridized carbons (Fsp3) is 0.949. The zero-order valence-electron chi connectivity index (χ0n) is 63.1. The van der Waals surface area contributed by atoms with Crippen molar-refractivity contribution in [2.75, 3.05) is 39.6 Å². The molecule has 0 aromatic carbocycles. The van der Waals surface area contributed by atoms with Gasteiger partial charge in [-0.15, -0.1) is 0 Å². The van der Waals surface area contributed by atoms with Crippen LogP contribution in [0.2, 0.25) is 0 Å². The van der Waals surface area contributed by atoms with E-state index in [1.165, 1.54) is 244 Å². The normalized spacial score (nSPS) is 13.8. The van der Waals surface area contributed by atoms with E-state index in [9.17, 15) is 43.2 Å². The number of unbranched alkanes of at least 4 members (excludes halogenated alkanes) is 53. The summed E-state index contributed by atoms with van der Waals surface area (Å²) in [7, 11) is -9.90. The van der Waals surface area contributed by atoms with Crippen LogP contribution in [0.3, 0.4) is 0 Å². The molecule has 19 heteroatoms. The van der Waals surface area contributed by atoms with Gasteiger partial charge in [-0.1, -0.05) is 368 Å². The van der Waals surface area contributed by atoms with E-state index >= 15 is 0 Å². The number of ether oxygens (including phenoxy) is 4. The predicted octanol–water partition coefficient (Wildman–Crippen LogP) is 23.4. The summed E-state index contributed by atoms with van der Waals surface area (Å²) in [6, 6.07) is 0. The SMILES string of the molecule is CCCCCCCCCCCCCCCCCCCCCCC(=O)O[C@H](COC(=O)CCCCCCCCCCCCCCCCCCCCC)COP(=O)(O)OC[C@@H](O)COP(=O)(O)OC[C@@H](COC(=O)CCCCCCCCCC)OC(=O)CCCCCCCCCCCC. The van der Waals surface area contributed by atoms with E-state index in [-0.39, 0.29) is 25.7 Å². The third-order valence-corrected chi connectivity index (χ3v) is 20.3. The van der Waals surface area contributed by atoms with Gasteiger partial charge in [0.05, 0.1) is 26.4 Å². The first-order chi connectivity index (χ1) is 47.2. The number of carbonyl (C=O) groups is 4. The Bertz CT molecular complexity index is 1840. The van der Waals surface area contributed by atoms with Crippen LogP contribution in [0.5, 0.6) is 0 Å². The van der Waals surface area contributed by atoms with E-state index in [4.69, 9.17) is 37.0 Å². The first-order valence-electron chi connectivity index (χ1n) is 40.8. The van der Waals surface area contributed by atoms with Crippen molar-refractivity contribution < 1.29 is 80.2 Å². The third-order valence-electron chi connectivity index (χ3n) is 18.4. The van der Waals surface area contributed by atoms with E-state index in [1.54, 1.807) is 0 Å². The molecule has 0 aromatic heterocycles. The van der Waals surface area contributed by atoms with Crippen LogP contribution in [0, 0.1) is 0 Å². The number of rotatable bonds is 79. The van der Waals surface area contributed by atoms with Gasteiger partial charge in [-0.05, 0) is 25.7 Å². The number of aliphatic hydroxyl groups is 1. The van der Waals surface area contributed by atoms with Crippen LogP contribution >= 0.6 is 15.6 Å². The molecule has 576 valence electrons. The lowest BCUT2D eigenvalue weighted by molar-refractivity contribution is -0.161. The number of carbonyl (C=O) groups excluding carboxylic acids is 4. The fourth-order valence-corrected chi connectivity index (χ4v) is 13.7. The van der Waals surface area contributed by atoms with Crippen molar-refractivity contribution in [3.8, 4) is 0 Å². The summed E-state index contributed by atoms with van der Waals surface area (Å²) in [6.07, 6.45) is 64.0. The van der Waals surface area contributed by atoms with Gasteiger partial charge in [-0.2, -0.15) is 0 Å². The van der Waals surface area contributed by atoms with Crippen molar-refractivity contribution in [2.24, 2.45) is 0 Å². The molecule has 0 aliphatic carbocycles. The summed E-state index contributed by atoms with van der Waals surface area (Å²) in [4.78, 5) is 72.7. The van der Waals surface area contributed by atoms with Crippen LogP contribution in [0.15, 0.2) is 0 Å². The van der Waals surface area contributed by atoms with Crippen molar-refractivity contribution in [1.29, 1.82) is 0 Å². The summed E-state index contributed by atoms with van der Waals surface area (Å²) in [5, 5.41) is 10.6. The maximum atomic E-state index is 13.1. The number of phosphoric ester groups is 2. The largest absolute Gasteiger partial charge is 0.472 e. The van der Waals surface area contributed by atoms with E-state index in [0.717, 1.165) is 96.3 Å². The highest BCUT2D eigenvalue weighted by Gasteiger charge is 2.30. The Morgan fingerprint density at radius 2 is 0.412 bits per heavy atom. The molecule has 3 N–H and O–H groups in total. The lowest BCUT2D eigenvalue weighted by atomic mass is 10.0. The average molecular weight is 1420 g/mol. The minimum Gasteiger partial charge on any atom is -0.462 e. The Balaban J connectivity index is 5.16. The van der Waals surface area contributed by atoms with Gasteiger partial charge in [0.1, 0.15) is 19.3 Å². The molecule has 0 fully saturated rings. The van der Waals surface area contributed by atoms with Crippen molar-refractivity contribution in [3.63, 3.8) is 0 Å².